The van der Waals surface area contributed by atoms with E-state index in [1.807, 2.05) is 0 Å². The lowest BCUT2D eigenvalue weighted by molar-refractivity contribution is -0.112. The topological polar surface area (TPSA) is 84.1 Å². The van der Waals surface area contributed by atoms with E-state index in [9.17, 15) is 10.2 Å². The van der Waals surface area contributed by atoms with Gasteiger partial charge in [-0.15, -0.1) is 0 Å². The molecule has 2 atom stereocenters. The van der Waals surface area contributed by atoms with Gasteiger partial charge in [0.1, 0.15) is 17.9 Å². The molecule has 0 radical (unpaired) electrons. The van der Waals surface area contributed by atoms with Gasteiger partial charge in [0, 0.05) is 0 Å². The molecule has 0 bridgehead atoms. The van der Waals surface area contributed by atoms with Gasteiger partial charge in [0.05, 0.1) is 12.5 Å². The first-order valence-corrected chi connectivity index (χ1v) is 5.26. The molecule has 84 valence electrons. The number of imidazole rings is 1. The maximum absolute atomic E-state index is 10.4. The van der Waals surface area contributed by atoms with Crippen molar-refractivity contribution in [3.63, 3.8) is 0 Å². The number of aromatic nitrogens is 4. The number of rotatable bonds is 1. The fraction of sp³-hybridized carbons (Fsp3) is 0.500. The van der Waals surface area contributed by atoms with Crippen LogP contribution in [-0.2, 0) is 5.72 Å². The molecule has 0 spiro atoms. The Labute approximate surface area is 91.6 Å². The molecule has 1 saturated carbocycles. The highest BCUT2D eigenvalue weighted by Gasteiger charge is 2.42. The highest BCUT2D eigenvalue weighted by Crippen LogP contribution is 2.35. The molecule has 0 saturated heterocycles. The van der Waals surface area contributed by atoms with Crippen LogP contribution in [0, 0.1) is 0 Å². The van der Waals surface area contributed by atoms with Crippen LogP contribution in [0.25, 0.3) is 11.2 Å². The predicted octanol–water partition coefficient (Wildman–Crippen LogP) is 0.0162. The van der Waals surface area contributed by atoms with E-state index >= 15 is 0 Å². The molecule has 2 N–H and O–H groups in total. The van der Waals surface area contributed by atoms with Gasteiger partial charge < -0.3 is 10.2 Å². The third-order valence-electron chi connectivity index (χ3n) is 3.19. The average Bonchev–Trinajstić information content (AvgIpc) is 2.85. The lowest BCUT2D eigenvalue weighted by Crippen LogP contribution is -2.40. The van der Waals surface area contributed by atoms with Gasteiger partial charge in [0.15, 0.2) is 11.4 Å². The number of nitrogens with zero attached hydrogens (tertiary/aromatic N) is 4. The molecule has 2 aromatic rings. The van der Waals surface area contributed by atoms with Crippen LogP contribution in [0.1, 0.15) is 19.3 Å². The van der Waals surface area contributed by atoms with Crippen molar-refractivity contribution in [3.8, 4) is 0 Å². The van der Waals surface area contributed by atoms with Crippen LogP contribution in [0.15, 0.2) is 18.9 Å². The monoisotopic (exact) mass is 220 g/mol. The van der Waals surface area contributed by atoms with Crippen molar-refractivity contribution >= 4 is 11.2 Å². The van der Waals surface area contributed by atoms with Crippen molar-refractivity contribution in [1.82, 2.24) is 19.5 Å². The molecule has 2 heterocycles. The quantitative estimate of drug-likeness (QED) is 0.707. The zero-order chi connectivity index (χ0) is 11.2. The van der Waals surface area contributed by atoms with Crippen LogP contribution >= 0.6 is 0 Å². The fourth-order valence-electron chi connectivity index (χ4n) is 2.28. The van der Waals surface area contributed by atoms with Gasteiger partial charge in [0.25, 0.3) is 0 Å². The van der Waals surface area contributed by atoms with Gasteiger partial charge in [0.2, 0.25) is 0 Å². The Balaban J connectivity index is 2.19. The lowest BCUT2D eigenvalue weighted by Gasteiger charge is -2.28. The van der Waals surface area contributed by atoms with Gasteiger partial charge in [-0.3, -0.25) is 4.57 Å². The summed E-state index contributed by atoms with van der Waals surface area (Å²) in [7, 11) is 0. The molecule has 0 amide bonds. The molecule has 2 unspecified atom stereocenters. The molecule has 1 fully saturated rings. The molecule has 6 heteroatoms. The van der Waals surface area contributed by atoms with Crippen molar-refractivity contribution in [3.05, 3.63) is 18.9 Å². The second kappa shape index (κ2) is 3.23. The lowest BCUT2D eigenvalue weighted by atomic mass is 10.1. The number of aliphatic hydroxyl groups is 2. The third-order valence-corrected chi connectivity index (χ3v) is 3.19. The van der Waals surface area contributed by atoms with Gasteiger partial charge in [-0.25, -0.2) is 15.0 Å². The van der Waals surface area contributed by atoms with E-state index in [2.05, 4.69) is 15.0 Å². The molecule has 3 rings (SSSR count). The van der Waals surface area contributed by atoms with Crippen LogP contribution in [0.3, 0.4) is 0 Å². The van der Waals surface area contributed by atoms with E-state index in [0.29, 0.717) is 24.0 Å². The Morgan fingerprint density at radius 2 is 2.31 bits per heavy atom. The Morgan fingerprint density at radius 3 is 3.06 bits per heavy atom. The Hall–Kier alpha value is -1.53. The zero-order valence-corrected chi connectivity index (χ0v) is 8.61. The highest BCUT2D eigenvalue weighted by molar-refractivity contribution is 5.69. The summed E-state index contributed by atoms with van der Waals surface area (Å²) in [6.45, 7) is 0. The SMILES string of the molecule is OC1CCCC1(O)n1cnc2cncnc21. The number of aliphatic hydroxyl groups excluding tert-OH is 1. The van der Waals surface area contributed by atoms with Gasteiger partial charge in [-0.05, 0) is 19.3 Å². The summed E-state index contributed by atoms with van der Waals surface area (Å²) < 4.78 is 1.54. The van der Waals surface area contributed by atoms with Crippen molar-refractivity contribution in [1.29, 1.82) is 0 Å². The largest absolute Gasteiger partial charge is 0.388 e. The zero-order valence-electron chi connectivity index (χ0n) is 8.61. The first kappa shape index (κ1) is 9.68. The summed E-state index contributed by atoms with van der Waals surface area (Å²) in [6.07, 6.45) is 5.65. The Morgan fingerprint density at radius 1 is 1.44 bits per heavy atom. The first-order valence-electron chi connectivity index (χ1n) is 5.26. The normalized spacial score (nSPS) is 30.0. The molecule has 16 heavy (non-hydrogen) atoms. The van der Waals surface area contributed by atoms with Crippen LogP contribution < -0.4 is 0 Å². The summed E-state index contributed by atoms with van der Waals surface area (Å²) in [4.78, 5) is 12.1. The van der Waals surface area contributed by atoms with Crippen molar-refractivity contribution in [2.24, 2.45) is 0 Å². The van der Waals surface area contributed by atoms with Crippen LogP contribution in [0.5, 0.6) is 0 Å². The van der Waals surface area contributed by atoms with E-state index in [0.717, 1.165) is 6.42 Å². The van der Waals surface area contributed by atoms with Crippen molar-refractivity contribution in [2.45, 2.75) is 31.1 Å². The molecular weight excluding hydrogens is 208 g/mol. The summed E-state index contributed by atoms with van der Waals surface area (Å²) in [5.74, 6) is 0. The van der Waals surface area contributed by atoms with Gasteiger partial charge in [-0.2, -0.15) is 0 Å². The van der Waals surface area contributed by atoms with Crippen molar-refractivity contribution in [2.75, 3.05) is 0 Å². The Kier molecular flexibility index (Phi) is 1.95. The minimum atomic E-state index is -1.27. The summed E-state index contributed by atoms with van der Waals surface area (Å²) in [5, 5.41) is 20.3. The highest BCUT2D eigenvalue weighted by atomic mass is 16.4. The van der Waals surface area contributed by atoms with E-state index in [1.165, 1.54) is 12.7 Å². The van der Waals surface area contributed by atoms with E-state index in [1.54, 1.807) is 10.8 Å². The average molecular weight is 220 g/mol. The van der Waals surface area contributed by atoms with Gasteiger partial charge >= 0.3 is 0 Å². The van der Waals surface area contributed by atoms with E-state index in [4.69, 9.17) is 0 Å². The van der Waals surface area contributed by atoms with E-state index < -0.39 is 11.8 Å². The molecule has 2 aromatic heterocycles. The second-order valence-electron chi connectivity index (χ2n) is 4.13. The maximum atomic E-state index is 10.4. The number of fused-ring (bicyclic) bond motifs is 1. The summed E-state index contributed by atoms with van der Waals surface area (Å²) >= 11 is 0. The third kappa shape index (κ3) is 1.17. The number of hydrogen-bond donors (Lipinski definition) is 2. The van der Waals surface area contributed by atoms with Crippen LogP contribution in [0.4, 0.5) is 0 Å². The minimum Gasteiger partial charge on any atom is -0.388 e. The smallest absolute Gasteiger partial charge is 0.170 e. The predicted molar refractivity (Wildman–Crippen MR) is 55.4 cm³/mol. The molecule has 1 aliphatic carbocycles. The Bertz CT molecular complexity index is 526. The summed E-state index contributed by atoms with van der Waals surface area (Å²) in [6, 6.07) is 0. The van der Waals surface area contributed by atoms with Crippen LogP contribution in [-0.4, -0.2) is 35.8 Å². The minimum absolute atomic E-state index is 0.517. The number of hydrogen-bond acceptors (Lipinski definition) is 5. The fourth-order valence-corrected chi connectivity index (χ4v) is 2.28. The van der Waals surface area contributed by atoms with Crippen molar-refractivity contribution < 1.29 is 10.2 Å². The van der Waals surface area contributed by atoms with Gasteiger partial charge in [-0.1, -0.05) is 0 Å². The molecular formula is C10H12N4O2. The molecule has 6 nitrogen and oxygen atoms in total. The van der Waals surface area contributed by atoms with Crippen LogP contribution in [0.2, 0.25) is 0 Å². The molecule has 0 aliphatic heterocycles. The first-order chi connectivity index (χ1) is 7.72. The molecule has 0 aromatic carbocycles. The standard InChI is InChI=1S/C10H12N4O2/c15-8-2-1-3-10(8,16)14-6-13-7-4-11-5-12-9(7)14/h4-6,8,15-16H,1-3H2. The summed E-state index contributed by atoms with van der Waals surface area (Å²) in [5.41, 5.74) is -0.100. The maximum Gasteiger partial charge on any atom is 0.170 e. The second-order valence-corrected chi connectivity index (χ2v) is 4.13. The van der Waals surface area contributed by atoms with E-state index in [-0.39, 0.29) is 0 Å². The molecule has 1 aliphatic rings.